The number of aryl methyl sites for hydroxylation is 2. The first-order valence-electron chi connectivity index (χ1n) is 10.2. The van der Waals surface area contributed by atoms with Crippen LogP contribution >= 0.6 is 0 Å². The summed E-state index contributed by atoms with van der Waals surface area (Å²) in [4.78, 5) is 37.9. The van der Waals surface area contributed by atoms with Crippen LogP contribution in [0.4, 0.5) is 0 Å². The fourth-order valence-corrected chi connectivity index (χ4v) is 3.84. The van der Waals surface area contributed by atoms with Gasteiger partial charge in [0.15, 0.2) is 5.54 Å². The van der Waals surface area contributed by atoms with Gasteiger partial charge in [-0.05, 0) is 37.1 Å². The molecule has 0 aliphatic rings. The first kappa shape index (κ1) is 22.7. The van der Waals surface area contributed by atoms with Gasteiger partial charge in [0.1, 0.15) is 0 Å². The molecule has 0 radical (unpaired) electrons. The van der Waals surface area contributed by atoms with Crippen molar-refractivity contribution >= 4 is 17.8 Å². The van der Waals surface area contributed by atoms with Gasteiger partial charge in [0.05, 0.1) is 6.42 Å². The highest BCUT2D eigenvalue weighted by molar-refractivity contribution is 5.99. The Labute approximate surface area is 186 Å². The third-order valence-corrected chi connectivity index (χ3v) is 5.57. The molecule has 32 heavy (non-hydrogen) atoms. The number of carbonyl (C=O) groups excluding carboxylic acids is 1. The summed E-state index contributed by atoms with van der Waals surface area (Å²) in [5.74, 6) is -4.16. The van der Waals surface area contributed by atoms with E-state index in [1.54, 1.807) is 78.9 Å². The van der Waals surface area contributed by atoms with Gasteiger partial charge in [-0.25, -0.2) is 4.79 Å². The molecule has 0 heterocycles. The van der Waals surface area contributed by atoms with Gasteiger partial charge in [-0.3, -0.25) is 9.59 Å². The highest BCUT2D eigenvalue weighted by Crippen LogP contribution is 2.40. The zero-order valence-electron chi connectivity index (χ0n) is 17.9. The number of nitrogens with one attached hydrogen (secondary N) is 1. The molecule has 164 valence electrons. The molecule has 3 aromatic carbocycles. The second-order valence-electron chi connectivity index (χ2n) is 7.86. The molecule has 0 aromatic heterocycles. The Morgan fingerprint density at radius 2 is 1.34 bits per heavy atom. The van der Waals surface area contributed by atoms with E-state index in [-0.39, 0.29) is 5.56 Å². The van der Waals surface area contributed by atoms with E-state index in [1.165, 1.54) is 0 Å². The second-order valence-corrected chi connectivity index (χ2v) is 7.86. The number of carboxylic acids is 2. The molecule has 6 nitrogen and oxygen atoms in total. The van der Waals surface area contributed by atoms with Crippen molar-refractivity contribution in [2.75, 3.05) is 0 Å². The Bertz CT molecular complexity index is 1110. The van der Waals surface area contributed by atoms with Gasteiger partial charge < -0.3 is 15.5 Å². The van der Waals surface area contributed by atoms with Crippen LogP contribution in [0.1, 0.15) is 45.0 Å². The van der Waals surface area contributed by atoms with Gasteiger partial charge in [0, 0.05) is 11.5 Å². The van der Waals surface area contributed by atoms with Gasteiger partial charge in [-0.2, -0.15) is 0 Å². The summed E-state index contributed by atoms with van der Waals surface area (Å²) in [5, 5.41) is 22.9. The molecule has 0 aliphatic carbocycles. The lowest BCUT2D eigenvalue weighted by Crippen LogP contribution is -2.56. The van der Waals surface area contributed by atoms with Crippen LogP contribution in [0.3, 0.4) is 0 Å². The predicted octanol–water partition coefficient (Wildman–Crippen LogP) is 4.27. The Kier molecular flexibility index (Phi) is 6.73. The van der Waals surface area contributed by atoms with Crippen LogP contribution in [0.15, 0.2) is 78.9 Å². The monoisotopic (exact) mass is 431 g/mol. The van der Waals surface area contributed by atoms with Crippen LogP contribution in [0, 0.1) is 13.8 Å². The lowest BCUT2D eigenvalue weighted by atomic mass is 9.72. The Balaban J connectivity index is 2.25. The number of hydrogen-bond acceptors (Lipinski definition) is 3. The van der Waals surface area contributed by atoms with E-state index in [4.69, 9.17) is 0 Å². The highest BCUT2D eigenvalue weighted by Gasteiger charge is 2.50. The molecule has 0 saturated heterocycles. The molecule has 3 aromatic rings. The molecule has 1 amide bonds. The standard InChI is InChI=1S/C26H25NO5/c1-17-8-12-19(13-9-17)22(16-23(28)29)26(25(31)32,21-14-10-18(2)11-15-21)27-24(30)20-6-4-3-5-7-20/h3-15,22H,16H2,1-2H3,(H,27,30)(H,28,29)(H,31,32). The summed E-state index contributed by atoms with van der Waals surface area (Å²) in [7, 11) is 0. The van der Waals surface area contributed by atoms with E-state index in [9.17, 15) is 24.6 Å². The molecule has 3 rings (SSSR count). The van der Waals surface area contributed by atoms with E-state index in [1.807, 2.05) is 13.8 Å². The molecule has 0 aliphatic heterocycles. The average molecular weight is 431 g/mol. The Hall–Kier alpha value is -3.93. The van der Waals surface area contributed by atoms with Crippen LogP contribution in [-0.2, 0) is 15.1 Å². The molecule has 0 saturated carbocycles. The molecule has 0 fully saturated rings. The number of aliphatic carboxylic acids is 2. The van der Waals surface area contributed by atoms with Crippen molar-refractivity contribution in [3.8, 4) is 0 Å². The van der Waals surface area contributed by atoms with Crippen molar-refractivity contribution in [3.63, 3.8) is 0 Å². The van der Waals surface area contributed by atoms with Crippen LogP contribution in [0.5, 0.6) is 0 Å². The molecule has 2 unspecified atom stereocenters. The third-order valence-electron chi connectivity index (χ3n) is 5.57. The summed E-state index contributed by atoms with van der Waals surface area (Å²) in [6, 6.07) is 22.0. The van der Waals surface area contributed by atoms with Crippen LogP contribution < -0.4 is 5.32 Å². The van der Waals surface area contributed by atoms with Crippen molar-refractivity contribution in [1.29, 1.82) is 0 Å². The second kappa shape index (κ2) is 9.47. The number of rotatable bonds is 8. The fraction of sp³-hybridized carbons (Fsp3) is 0.192. The SMILES string of the molecule is Cc1ccc(C(CC(=O)O)C(NC(=O)c2ccccc2)(C(=O)O)c2ccc(C)cc2)cc1. The van der Waals surface area contributed by atoms with Crippen molar-refractivity contribution in [1.82, 2.24) is 5.32 Å². The van der Waals surface area contributed by atoms with Crippen LogP contribution in [-0.4, -0.2) is 28.1 Å². The van der Waals surface area contributed by atoms with Gasteiger partial charge in [0.25, 0.3) is 5.91 Å². The molecule has 2 atom stereocenters. The zero-order chi connectivity index (χ0) is 23.3. The normalized spacial score (nSPS) is 13.6. The van der Waals surface area contributed by atoms with Crippen molar-refractivity contribution in [2.45, 2.75) is 31.7 Å². The quantitative estimate of drug-likeness (QED) is 0.494. The summed E-state index contributed by atoms with van der Waals surface area (Å²) in [6.45, 7) is 3.75. The van der Waals surface area contributed by atoms with Crippen LogP contribution in [0.2, 0.25) is 0 Å². The van der Waals surface area contributed by atoms with E-state index >= 15 is 0 Å². The van der Waals surface area contributed by atoms with Gasteiger partial charge >= 0.3 is 11.9 Å². The summed E-state index contributed by atoms with van der Waals surface area (Å²) >= 11 is 0. The lowest BCUT2D eigenvalue weighted by molar-refractivity contribution is -0.147. The molecular formula is C26H25NO5. The molecule has 0 bridgehead atoms. The molecule has 6 heteroatoms. The first-order valence-corrected chi connectivity index (χ1v) is 10.2. The van der Waals surface area contributed by atoms with E-state index < -0.39 is 35.7 Å². The molecular weight excluding hydrogens is 406 g/mol. The summed E-state index contributed by atoms with van der Waals surface area (Å²) < 4.78 is 0. The maximum absolute atomic E-state index is 13.2. The minimum Gasteiger partial charge on any atom is -0.481 e. The van der Waals surface area contributed by atoms with E-state index in [2.05, 4.69) is 5.32 Å². The first-order chi connectivity index (χ1) is 15.2. The van der Waals surface area contributed by atoms with Gasteiger partial charge in [-0.15, -0.1) is 0 Å². The van der Waals surface area contributed by atoms with E-state index in [0.717, 1.165) is 11.1 Å². The number of hydrogen-bond donors (Lipinski definition) is 3. The molecule has 0 spiro atoms. The summed E-state index contributed by atoms with van der Waals surface area (Å²) in [5.41, 5.74) is 0.943. The van der Waals surface area contributed by atoms with Crippen molar-refractivity contribution in [2.24, 2.45) is 0 Å². The number of benzene rings is 3. The minimum absolute atomic E-state index is 0.281. The maximum atomic E-state index is 13.2. The minimum atomic E-state index is -2.01. The zero-order valence-corrected chi connectivity index (χ0v) is 17.9. The third kappa shape index (κ3) is 4.70. The highest BCUT2D eigenvalue weighted by atomic mass is 16.4. The van der Waals surface area contributed by atoms with Crippen molar-refractivity contribution in [3.05, 3.63) is 107 Å². The van der Waals surface area contributed by atoms with Gasteiger partial charge in [-0.1, -0.05) is 77.9 Å². The number of carbonyl (C=O) groups is 3. The van der Waals surface area contributed by atoms with Crippen LogP contribution in [0.25, 0.3) is 0 Å². The number of amides is 1. The Morgan fingerprint density at radius 1 is 0.812 bits per heavy atom. The maximum Gasteiger partial charge on any atom is 0.334 e. The molecule has 3 N–H and O–H groups in total. The Morgan fingerprint density at radius 3 is 1.84 bits per heavy atom. The lowest BCUT2D eigenvalue weighted by Gasteiger charge is -2.38. The van der Waals surface area contributed by atoms with E-state index in [0.29, 0.717) is 11.1 Å². The number of carboxylic acid groups (broad SMARTS) is 2. The predicted molar refractivity (Wildman–Crippen MR) is 121 cm³/mol. The largest absolute Gasteiger partial charge is 0.481 e. The topological polar surface area (TPSA) is 104 Å². The summed E-state index contributed by atoms with van der Waals surface area (Å²) in [6.07, 6.45) is -0.488. The fourth-order valence-electron chi connectivity index (χ4n) is 3.84. The average Bonchev–Trinajstić information content (AvgIpc) is 2.77. The van der Waals surface area contributed by atoms with Crippen molar-refractivity contribution < 1.29 is 24.6 Å². The smallest absolute Gasteiger partial charge is 0.334 e. The van der Waals surface area contributed by atoms with Gasteiger partial charge in [0.2, 0.25) is 0 Å².